The van der Waals surface area contributed by atoms with Crippen LogP contribution in [-0.2, 0) is 4.74 Å². The van der Waals surface area contributed by atoms with Crippen LogP contribution < -0.4 is 0 Å². The van der Waals surface area contributed by atoms with Gasteiger partial charge in [0.15, 0.2) is 0 Å². The van der Waals surface area contributed by atoms with E-state index < -0.39 is 6.10 Å². The number of carbonyl (C=O) groups is 1. The third kappa shape index (κ3) is 3.50. The minimum absolute atomic E-state index is 0.0746. The first kappa shape index (κ1) is 19.3. The number of hydrogen-bond donors (Lipinski definition) is 1. The number of fused-ring (bicyclic) bond motifs is 3. The first-order valence-corrected chi connectivity index (χ1v) is 11.3. The van der Waals surface area contributed by atoms with E-state index in [0.29, 0.717) is 19.7 Å². The number of hydrogen-bond acceptors (Lipinski definition) is 5. The molecule has 2 heterocycles. The number of aliphatic hydroxyl groups excluding tert-OH is 1. The number of thiazole rings is 1. The molecule has 1 amide bonds. The lowest BCUT2D eigenvalue weighted by molar-refractivity contribution is 0.0463. The fraction of sp³-hybridized carbons (Fsp3) is 0.333. The van der Waals surface area contributed by atoms with Gasteiger partial charge in [0.2, 0.25) is 0 Å². The highest BCUT2D eigenvalue weighted by Gasteiger charge is 2.32. The largest absolute Gasteiger partial charge is 0.448 e. The Kier molecular flexibility index (Phi) is 5.27. The second kappa shape index (κ2) is 8.20. The summed E-state index contributed by atoms with van der Waals surface area (Å²) in [7, 11) is 0. The normalized spacial score (nSPS) is 17.4. The van der Waals surface area contributed by atoms with Gasteiger partial charge in [-0.25, -0.2) is 9.78 Å². The molecule has 1 aliphatic carbocycles. The van der Waals surface area contributed by atoms with E-state index in [1.807, 2.05) is 29.6 Å². The second-order valence-corrected chi connectivity index (χ2v) is 8.87. The van der Waals surface area contributed by atoms with Gasteiger partial charge in [-0.05, 0) is 41.0 Å². The molecule has 0 radical (unpaired) electrons. The summed E-state index contributed by atoms with van der Waals surface area (Å²) in [5, 5.41) is 13.1. The first-order valence-electron chi connectivity index (χ1n) is 10.4. The fourth-order valence-electron chi connectivity index (χ4n) is 4.67. The number of aromatic nitrogens is 1. The SMILES string of the molecule is O=C(OCC1c2ccccc2-c2ccccc21)N1CCC(C(O)c2nccs2)CC1. The Hall–Kier alpha value is -2.70. The standard InChI is InChI=1S/C24H24N2O3S/c27-22(23-25-11-14-30-23)16-9-12-26(13-10-16)24(28)29-15-21-19-7-3-1-5-17(19)18-6-2-4-8-20(18)21/h1-8,11,14,16,21-22,27H,9-10,12-13,15H2. The predicted octanol–water partition coefficient (Wildman–Crippen LogP) is 4.84. The number of aliphatic hydroxyl groups is 1. The quantitative estimate of drug-likeness (QED) is 0.656. The highest BCUT2D eigenvalue weighted by atomic mass is 32.1. The van der Waals surface area contributed by atoms with E-state index >= 15 is 0 Å². The Morgan fingerprint density at radius 1 is 1.10 bits per heavy atom. The molecule has 6 heteroatoms. The monoisotopic (exact) mass is 420 g/mol. The van der Waals surface area contributed by atoms with Crippen molar-refractivity contribution in [1.29, 1.82) is 0 Å². The summed E-state index contributed by atoms with van der Waals surface area (Å²) in [6, 6.07) is 16.7. The summed E-state index contributed by atoms with van der Waals surface area (Å²) in [6.07, 6.45) is 2.42. The van der Waals surface area contributed by atoms with Crippen molar-refractivity contribution in [3.05, 3.63) is 76.2 Å². The van der Waals surface area contributed by atoms with Gasteiger partial charge in [0.1, 0.15) is 17.7 Å². The third-order valence-electron chi connectivity index (χ3n) is 6.28. The van der Waals surface area contributed by atoms with Crippen LogP contribution in [0.15, 0.2) is 60.1 Å². The zero-order chi connectivity index (χ0) is 20.5. The molecule has 1 aliphatic heterocycles. The topological polar surface area (TPSA) is 62.7 Å². The zero-order valence-corrected chi connectivity index (χ0v) is 17.4. The van der Waals surface area contributed by atoms with Crippen LogP contribution in [0.5, 0.6) is 0 Å². The smallest absolute Gasteiger partial charge is 0.409 e. The van der Waals surface area contributed by atoms with Crippen molar-refractivity contribution in [2.45, 2.75) is 24.9 Å². The van der Waals surface area contributed by atoms with Crippen molar-refractivity contribution < 1.29 is 14.6 Å². The van der Waals surface area contributed by atoms with E-state index in [1.54, 1.807) is 11.1 Å². The molecule has 3 aromatic rings. The maximum atomic E-state index is 12.7. The number of nitrogens with zero attached hydrogens (tertiary/aromatic N) is 2. The van der Waals surface area contributed by atoms with Crippen LogP contribution in [0.4, 0.5) is 4.79 Å². The Labute approximate surface area is 180 Å². The molecule has 0 spiro atoms. The van der Waals surface area contributed by atoms with E-state index in [4.69, 9.17) is 4.74 Å². The molecule has 1 unspecified atom stereocenters. The Bertz CT molecular complexity index is 983. The van der Waals surface area contributed by atoms with Crippen LogP contribution >= 0.6 is 11.3 Å². The number of likely N-dealkylation sites (tertiary alicyclic amines) is 1. The number of ether oxygens (including phenoxy) is 1. The van der Waals surface area contributed by atoms with Crippen LogP contribution in [0.25, 0.3) is 11.1 Å². The van der Waals surface area contributed by atoms with E-state index in [9.17, 15) is 9.90 Å². The molecule has 1 fully saturated rings. The number of amides is 1. The van der Waals surface area contributed by atoms with Crippen molar-refractivity contribution in [3.8, 4) is 11.1 Å². The van der Waals surface area contributed by atoms with Crippen LogP contribution in [0, 0.1) is 5.92 Å². The summed E-state index contributed by atoms with van der Waals surface area (Å²) in [5.74, 6) is 0.208. The van der Waals surface area contributed by atoms with Crippen LogP contribution in [0.3, 0.4) is 0 Å². The molecule has 2 aliphatic rings. The summed E-state index contributed by atoms with van der Waals surface area (Å²) in [6.45, 7) is 1.54. The molecule has 154 valence electrons. The van der Waals surface area contributed by atoms with Gasteiger partial charge in [0, 0.05) is 30.6 Å². The molecular formula is C24H24N2O3S. The van der Waals surface area contributed by atoms with Gasteiger partial charge in [-0.2, -0.15) is 0 Å². The molecule has 5 nitrogen and oxygen atoms in total. The van der Waals surface area contributed by atoms with Crippen molar-refractivity contribution in [2.75, 3.05) is 19.7 Å². The second-order valence-electron chi connectivity index (χ2n) is 7.94. The van der Waals surface area contributed by atoms with Crippen LogP contribution in [0.1, 0.15) is 41.0 Å². The molecule has 1 saturated heterocycles. The summed E-state index contributed by atoms with van der Waals surface area (Å²) in [4.78, 5) is 18.7. The fourth-order valence-corrected chi connectivity index (χ4v) is 5.38. The van der Waals surface area contributed by atoms with Gasteiger partial charge in [-0.1, -0.05) is 48.5 Å². The number of piperidine rings is 1. The van der Waals surface area contributed by atoms with Gasteiger partial charge >= 0.3 is 6.09 Å². The molecule has 5 rings (SSSR count). The predicted molar refractivity (Wildman–Crippen MR) is 116 cm³/mol. The highest BCUT2D eigenvalue weighted by molar-refractivity contribution is 7.09. The number of carbonyl (C=O) groups excluding carboxylic acids is 1. The van der Waals surface area contributed by atoms with Crippen molar-refractivity contribution in [1.82, 2.24) is 9.88 Å². The first-order chi connectivity index (χ1) is 14.7. The number of benzene rings is 2. The molecule has 1 N–H and O–H groups in total. The van der Waals surface area contributed by atoms with Crippen molar-refractivity contribution in [2.24, 2.45) is 5.92 Å². The van der Waals surface area contributed by atoms with Crippen molar-refractivity contribution >= 4 is 17.4 Å². The molecule has 1 atom stereocenters. The van der Waals surface area contributed by atoms with Gasteiger partial charge in [-0.3, -0.25) is 0 Å². The van der Waals surface area contributed by atoms with Crippen LogP contribution in [-0.4, -0.2) is 40.8 Å². The van der Waals surface area contributed by atoms with Gasteiger partial charge in [0.05, 0.1) is 0 Å². The minimum Gasteiger partial charge on any atom is -0.448 e. The lowest BCUT2D eigenvalue weighted by Gasteiger charge is -2.33. The summed E-state index contributed by atoms with van der Waals surface area (Å²) < 4.78 is 5.76. The maximum Gasteiger partial charge on any atom is 0.409 e. The van der Waals surface area contributed by atoms with E-state index in [1.165, 1.54) is 33.6 Å². The van der Waals surface area contributed by atoms with Gasteiger partial charge in [0.25, 0.3) is 0 Å². The van der Waals surface area contributed by atoms with Gasteiger partial charge < -0.3 is 14.7 Å². The van der Waals surface area contributed by atoms with E-state index in [0.717, 1.165) is 17.8 Å². The molecule has 30 heavy (non-hydrogen) atoms. The molecular weight excluding hydrogens is 396 g/mol. The molecule has 0 bridgehead atoms. The lowest BCUT2D eigenvalue weighted by atomic mass is 9.92. The van der Waals surface area contributed by atoms with Crippen LogP contribution in [0.2, 0.25) is 0 Å². The Morgan fingerprint density at radius 3 is 2.33 bits per heavy atom. The summed E-state index contributed by atoms with van der Waals surface area (Å²) in [5.41, 5.74) is 4.89. The van der Waals surface area contributed by atoms with E-state index in [2.05, 4.69) is 29.2 Å². The Balaban J connectivity index is 1.20. The molecule has 2 aromatic carbocycles. The van der Waals surface area contributed by atoms with Crippen molar-refractivity contribution in [3.63, 3.8) is 0 Å². The minimum atomic E-state index is -0.547. The van der Waals surface area contributed by atoms with E-state index in [-0.39, 0.29) is 17.9 Å². The average Bonchev–Trinajstić information content (AvgIpc) is 3.44. The third-order valence-corrected chi connectivity index (χ3v) is 7.13. The average molecular weight is 421 g/mol. The lowest BCUT2D eigenvalue weighted by Crippen LogP contribution is -2.40. The van der Waals surface area contributed by atoms with Gasteiger partial charge in [-0.15, -0.1) is 11.3 Å². The molecule has 1 aromatic heterocycles. The Morgan fingerprint density at radius 2 is 1.73 bits per heavy atom. The zero-order valence-electron chi connectivity index (χ0n) is 16.6. The summed E-state index contributed by atoms with van der Waals surface area (Å²) >= 11 is 1.48. The maximum absolute atomic E-state index is 12.7. The highest BCUT2D eigenvalue weighted by Crippen LogP contribution is 2.44. The number of rotatable bonds is 4. The molecule has 0 saturated carbocycles.